The summed E-state index contributed by atoms with van der Waals surface area (Å²) in [7, 11) is 0. The number of hydrogen-bond acceptors (Lipinski definition) is 5. The number of nitrogens with zero attached hydrogens (tertiary/aromatic N) is 4. The summed E-state index contributed by atoms with van der Waals surface area (Å²) in [5, 5.41) is 15.3. The molecule has 4 heterocycles. The van der Waals surface area contributed by atoms with Crippen LogP contribution in [0.15, 0.2) is 68.8 Å². The van der Waals surface area contributed by atoms with Crippen LogP contribution in [0.3, 0.4) is 0 Å². The van der Waals surface area contributed by atoms with E-state index in [4.69, 9.17) is 9.83 Å². The molecule has 1 N–H and O–H groups in total. The van der Waals surface area contributed by atoms with E-state index >= 15 is 0 Å². The number of thioether (sulfide) groups is 1. The van der Waals surface area contributed by atoms with Crippen molar-refractivity contribution in [1.82, 2.24) is 9.58 Å². The number of carbonyl (C=O) groups is 1. The number of aromatic nitrogens is 1. The molecule has 2 aromatic heterocycles. The number of amides is 1. The second kappa shape index (κ2) is 7.24. The third-order valence-corrected chi connectivity index (χ3v) is 6.24. The molecule has 0 radical (unpaired) electrons. The van der Waals surface area contributed by atoms with Crippen LogP contribution in [0.1, 0.15) is 28.3 Å². The van der Waals surface area contributed by atoms with Gasteiger partial charge in [-0.25, -0.2) is 0 Å². The van der Waals surface area contributed by atoms with Gasteiger partial charge in [0.1, 0.15) is 0 Å². The van der Waals surface area contributed by atoms with Crippen LogP contribution in [0.25, 0.3) is 11.8 Å². The molecule has 0 saturated carbocycles. The Hall–Kier alpha value is -3.65. The van der Waals surface area contributed by atoms with Crippen molar-refractivity contribution >= 4 is 39.8 Å². The molecular formula is C23H19N5O2S. The summed E-state index contributed by atoms with van der Waals surface area (Å²) in [6.45, 7) is 6.11. The quantitative estimate of drug-likeness (QED) is 0.613. The number of hydrazone groups is 1. The number of furan rings is 1. The molecule has 2 aliphatic rings. The molecule has 154 valence electrons. The Balaban J connectivity index is 1.54. The van der Waals surface area contributed by atoms with Crippen molar-refractivity contribution in [3.05, 3.63) is 82.6 Å². The highest BCUT2D eigenvalue weighted by Gasteiger charge is 2.36. The Morgan fingerprint density at radius 3 is 2.68 bits per heavy atom. The highest BCUT2D eigenvalue weighted by atomic mass is 32.2. The van der Waals surface area contributed by atoms with E-state index in [1.54, 1.807) is 24.5 Å². The summed E-state index contributed by atoms with van der Waals surface area (Å²) in [4.78, 5) is 16.9. The van der Waals surface area contributed by atoms with Crippen molar-refractivity contribution in [1.29, 1.82) is 5.41 Å². The number of para-hydroxylation sites is 1. The number of hydrogen-bond donors (Lipinski definition) is 1. The fraction of sp³-hybridized carbons (Fsp3) is 0.130. The van der Waals surface area contributed by atoms with Crippen molar-refractivity contribution in [3.8, 4) is 5.69 Å². The molecule has 0 aliphatic carbocycles. The van der Waals surface area contributed by atoms with Crippen molar-refractivity contribution in [2.24, 2.45) is 10.1 Å². The first-order valence-electron chi connectivity index (χ1n) is 9.73. The lowest BCUT2D eigenvalue weighted by Crippen LogP contribution is -2.35. The van der Waals surface area contributed by atoms with E-state index in [1.807, 2.05) is 32.0 Å². The number of nitrogens with one attached hydrogen (secondary N) is 1. The SMILES string of the molecule is Cc1ccccc1-n1c(C)cc(C=C2C(=N)N3N=C(c4ccco4)SC3=NC2=O)c1C. The van der Waals surface area contributed by atoms with Crippen LogP contribution < -0.4 is 0 Å². The molecule has 1 aromatic carbocycles. The van der Waals surface area contributed by atoms with Crippen LogP contribution in [0.4, 0.5) is 0 Å². The number of amidine groups is 2. The third kappa shape index (κ3) is 3.16. The first-order valence-corrected chi connectivity index (χ1v) is 10.5. The third-order valence-electron chi connectivity index (χ3n) is 5.31. The molecule has 31 heavy (non-hydrogen) atoms. The van der Waals surface area contributed by atoms with Gasteiger partial charge in [-0.3, -0.25) is 10.2 Å². The summed E-state index contributed by atoms with van der Waals surface area (Å²) in [6.07, 6.45) is 3.29. The van der Waals surface area contributed by atoms with Crippen LogP contribution in [0, 0.1) is 26.2 Å². The Morgan fingerprint density at radius 2 is 1.94 bits per heavy atom. The van der Waals surface area contributed by atoms with Gasteiger partial charge in [-0.1, -0.05) is 18.2 Å². The number of rotatable bonds is 3. The topological polar surface area (TPSA) is 86.9 Å². The van der Waals surface area contributed by atoms with Crippen LogP contribution >= 0.6 is 11.8 Å². The number of aliphatic imine (C=N–C) groups is 1. The number of fused-ring (bicyclic) bond motifs is 1. The molecule has 0 fully saturated rings. The molecule has 0 saturated heterocycles. The van der Waals surface area contributed by atoms with Gasteiger partial charge in [0.25, 0.3) is 5.91 Å². The predicted octanol–water partition coefficient (Wildman–Crippen LogP) is 4.66. The monoisotopic (exact) mass is 429 g/mol. The zero-order valence-electron chi connectivity index (χ0n) is 17.2. The van der Waals surface area contributed by atoms with E-state index in [0.717, 1.165) is 28.2 Å². The van der Waals surface area contributed by atoms with Gasteiger partial charge in [-0.15, -0.1) is 0 Å². The lowest BCUT2D eigenvalue weighted by atomic mass is 10.1. The van der Waals surface area contributed by atoms with Gasteiger partial charge < -0.3 is 8.98 Å². The van der Waals surface area contributed by atoms with Gasteiger partial charge >= 0.3 is 0 Å². The largest absolute Gasteiger partial charge is 0.462 e. The molecule has 5 rings (SSSR count). The highest BCUT2D eigenvalue weighted by molar-refractivity contribution is 8.27. The molecule has 7 nitrogen and oxygen atoms in total. The maximum atomic E-state index is 12.8. The minimum atomic E-state index is -0.444. The number of carbonyl (C=O) groups excluding carboxylic acids is 1. The highest BCUT2D eigenvalue weighted by Crippen LogP contribution is 2.32. The Labute approximate surface area is 183 Å². The number of aryl methyl sites for hydroxylation is 2. The van der Waals surface area contributed by atoms with Crippen LogP contribution in [0.5, 0.6) is 0 Å². The summed E-state index contributed by atoms with van der Waals surface area (Å²) in [6, 6.07) is 13.7. The van der Waals surface area contributed by atoms with E-state index in [1.165, 1.54) is 16.8 Å². The van der Waals surface area contributed by atoms with Crippen LogP contribution in [-0.2, 0) is 4.79 Å². The van der Waals surface area contributed by atoms with Gasteiger partial charge in [0.15, 0.2) is 16.6 Å². The van der Waals surface area contributed by atoms with Gasteiger partial charge in [0.05, 0.1) is 11.8 Å². The van der Waals surface area contributed by atoms with E-state index < -0.39 is 5.91 Å². The lowest BCUT2D eigenvalue weighted by Gasteiger charge is -2.20. The Morgan fingerprint density at radius 1 is 1.13 bits per heavy atom. The molecule has 2 aliphatic heterocycles. The summed E-state index contributed by atoms with van der Waals surface area (Å²) < 4.78 is 7.54. The van der Waals surface area contributed by atoms with E-state index in [0.29, 0.717) is 16.0 Å². The Bertz CT molecular complexity index is 1330. The van der Waals surface area contributed by atoms with E-state index in [9.17, 15) is 4.79 Å². The molecule has 0 spiro atoms. The van der Waals surface area contributed by atoms with Crippen LogP contribution in [0.2, 0.25) is 0 Å². The second-order valence-electron chi connectivity index (χ2n) is 7.35. The Kier molecular flexibility index (Phi) is 4.51. The summed E-state index contributed by atoms with van der Waals surface area (Å²) in [5.41, 5.74) is 5.37. The standard InChI is InChI=1S/C23H19N5O2S/c1-13-7-4-5-8-18(13)27-14(2)11-16(15(27)3)12-17-20(24)28-23(25-21(17)29)31-22(26-28)19-9-6-10-30-19/h4-12,24H,1-3H3. The van der Waals surface area contributed by atoms with Gasteiger partial charge in [0.2, 0.25) is 5.17 Å². The normalized spacial score (nSPS) is 17.3. The maximum Gasteiger partial charge on any atom is 0.283 e. The molecule has 0 bridgehead atoms. The molecule has 1 amide bonds. The van der Waals surface area contributed by atoms with Gasteiger partial charge in [-0.05, 0) is 74.0 Å². The van der Waals surface area contributed by atoms with Gasteiger partial charge in [-0.2, -0.15) is 15.1 Å². The van der Waals surface area contributed by atoms with Crippen molar-refractivity contribution in [3.63, 3.8) is 0 Å². The van der Waals surface area contributed by atoms with E-state index in [-0.39, 0.29) is 11.4 Å². The van der Waals surface area contributed by atoms with Gasteiger partial charge in [0, 0.05) is 17.1 Å². The fourth-order valence-corrected chi connectivity index (χ4v) is 4.63. The molecule has 0 unspecified atom stereocenters. The maximum absolute atomic E-state index is 12.8. The zero-order chi connectivity index (χ0) is 21.7. The zero-order valence-corrected chi connectivity index (χ0v) is 18.0. The average molecular weight is 430 g/mol. The molecule has 8 heteroatoms. The van der Waals surface area contributed by atoms with Crippen molar-refractivity contribution < 1.29 is 9.21 Å². The van der Waals surface area contributed by atoms with Crippen LogP contribution in [-0.4, -0.2) is 31.5 Å². The minimum Gasteiger partial charge on any atom is -0.462 e. The first-order chi connectivity index (χ1) is 14.9. The second-order valence-corrected chi connectivity index (χ2v) is 8.31. The lowest BCUT2D eigenvalue weighted by molar-refractivity contribution is -0.114. The number of benzene rings is 1. The molecular weight excluding hydrogens is 410 g/mol. The predicted molar refractivity (Wildman–Crippen MR) is 123 cm³/mol. The summed E-state index contributed by atoms with van der Waals surface area (Å²) >= 11 is 1.22. The van der Waals surface area contributed by atoms with Crippen molar-refractivity contribution in [2.75, 3.05) is 0 Å². The smallest absolute Gasteiger partial charge is 0.283 e. The molecule has 0 atom stereocenters. The molecule has 3 aromatic rings. The minimum absolute atomic E-state index is 0.00440. The fourth-order valence-electron chi connectivity index (χ4n) is 3.77. The summed E-state index contributed by atoms with van der Waals surface area (Å²) in [5.74, 6) is 0.139. The first kappa shape index (κ1) is 19.3. The van der Waals surface area contributed by atoms with E-state index in [2.05, 4.69) is 33.7 Å². The van der Waals surface area contributed by atoms with Crippen molar-refractivity contribution in [2.45, 2.75) is 20.8 Å². The average Bonchev–Trinajstić information content (AvgIpc) is 3.46.